The molecule has 74 valence electrons. The Labute approximate surface area is 82.8 Å². The van der Waals surface area contributed by atoms with Gasteiger partial charge in [-0.15, -0.1) is 0 Å². The highest BCUT2D eigenvalue weighted by molar-refractivity contribution is 5.72. The Bertz CT molecular complexity index is 399. The van der Waals surface area contributed by atoms with Crippen LogP contribution in [0.5, 0.6) is 0 Å². The second-order valence-electron chi connectivity index (χ2n) is 3.93. The van der Waals surface area contributed by atoms with E-state index in [0.717, 1.165) is 17.0 Å². The molecule has 1 atom stereocenters. The molecule has 14 heavy (non-hydrogen) atoms. The van der Waals surface area contributed by atoms with Crippen molar-refractivity contribution in [2.45, 2.75) is 26.7 Å². The van der Waals surface area contributed by atoms with Gasteiger partial charge < -0.3 is 5.11 Å². The molecule has 3 nitrogen and oxygen atoms in total. The summed E-state index contributed by atoms with van der Waals surface area (Å²) >= 11 is 0. The van der Waals surface area contributed by atoms with Crippen LogP contribution in [-0.2, 0) is 17.6 Å². The summed E-state index contributed by atoms with van der Waals surface area (Å²) in [5.74, 6) is -0.939. The Hall–Kier alpha value is -1.38. The highest BCUT2D eigenvalue weighted by Crippen LogP contribution is 2.29. The zero-order chi connectivity index (χ0) is 10.3. The van der Waals surface area contributed by atoms with Gasteiger partial charge in [-0.2, -0.15) is 0 Å². The van der Waals surface area contributed by atoms with Crippen LogP contribution in [0.4, 0.5) is 0 Å². The van der Waals surface area contributed by atoms with E-state index in [0.29, 0.717) is 12.8 Å². The van der Waals surface area contributed by atoms with E-state index in [1.54, 1.807) is 0 Å². The van der Waals surface area contributed by atoms with Crippen molar-refractivity contribution in [1.82, 2.24) is 4.98 Å². The van der Waals surface area contributed by atoms with Crippen molar-refractivity contribution in [3.63, 3.8) is 0 Å². The fourth-order valence-corrected chi connectivity index (χ4v) is 2.16. The second-order valence-corrected chi connectivity index (χ2v) is 3.93. The SMILES string of the molecule is Cc1cc2c(c(C)n1)CC(C(=O)O)C2. The van der Waals surface area contributed by atoms with Gasteiger partial charge in [0, 0.05) is 11.4 Å². The molecular formula is C11H13NO2. The summed E-state index contributed by atoms with van der Waals surface area (Å²) in [5.41, 5.74) is 4.28. The summed E-state index contributed by atoms with van der Waals surface area (Å²) in [6.45, 7) is 3.90. The van der Waals surface area contributed by atoms with E-state index in [1.807, 2.05) is 19.9 Å². The number of pyridine rings is 1. The summed E-state index contributed by atoms with van der Waals surface area (Å²) in [6.07, 6.45) is 1.30. The molecule has 1 aliphatic carbocycles. The Morgan fingerprint density at radius 2 is 2.21 bits per heavy atom. The molecule has 1 aliphatic rings. The summed E-state index contributed by atoms with van der Waals surface area (Å²) in [4.78, 5) is 15.2. The molecule has 1 unspecified atom stereocenters. The second kappa shape index (κ2) is 3.08. The predicted octanol–water partition coefficient (Wildman–Crippen LogP) is 1.50. The molecule has 0 spiro atoms. The molecule has 1 aromatic rings. The van der Waals surface area contributed by atoms with Crippen LogP contribution < -0.4 is 0 Å². The van der Waals surface area contributed by atoms with Crippen molar-refractivity contribution in [1.29, 1.82) is 0 Å². The molecule has 0 bridgehead atoms. The highest BCUT2D eigenvalue weighted by atomic mass is 16.4. The highest BCUT2D eigenvalue weighted by Gasteiger charge is 2.28. The van der Waals surface area contributed by atoms with Crippen molar-refractivity contribution >= 4 is 5.97 Å². The lowest BCUT2D eigenvalue weighted by Crippen LogP contribution is -2.13. The van der Waals surface area contributed by atoms with Crippen molar-refractivity contribution in [3.8, 4) is 0 Å². The number of fused-ring (bicyclic) bond motifs is 1. The first kappa shape index (κ1) is 9.19. The number of aromatic nitrogens is 1. The van der Waals surface area contributed by atoms with Gasteiger partial charge >= 0.3 is 5.97 Å². The van der Waals surface area contributed by atoms with E-state index in [-0.39, 0.29) is 5.92 Å². The first-order valence-electron chi connectivity index (χ1n) is 4.76. The van der Waals surface area contributed by atoms with Gasteiger partial charge in [0.05, 0.1) is 5.92 Å². The fraction of sp³-hybridized carbons (Fsp3) is 0.455. The molecule has 2 rings (SSSR count). The van der Waals surface area contributed by atoms with Gasteiger partial charge in [-0.3, -0.25) is 9.78 Å². The summed E-state index contributed by atoms with van der Waals surface area (Å²) in [6, 6.07) is 2.01. The van der Waals surface area contributed by atoms with Crippen molar-refractivity contribution < 1.29 is 9.90 Å². The number of aliphatic carboxylic acids is 1. The molecule has 0 amide bonds. The maximum Gasteiger partial charge on any atom is 0.307 e. The number of hydrogen-bond acceptors (Lipinski definition) is 2. The summed E-state index contributed by atoms with van der Waals surface area (Å²) in [7, 11) is 0. The maximum absolute atomic E-state index is 10.8. The van der Waals surface area contributed by atoms with Gasteiger partial charge in [0.1, 0.15) is 0 Å². The van der Waals surface area contributed by atoms with Gasteiger partial charge in [-0.25, -0.2) is 0 Å². The molecule has 1 aromatic heterocycles. The molecule has 0 saturated carbocycles. The van der Waals surface area contributed by atoms with Crippen LogP contribution in [0.25, 0.3) is 0 Å². The van der Waals surface area contributed by atoms with Crippen LogP contribution in [0, 0.1) is 19.8 Å². The van der Waals surface area contributed by atoms with Crippen molar-refractivity contribution in [2.24, 2.45) is 5.92 Å². The molecule has 3 heteroatoms. The average Bonchev–Trinajstić information content (AvgIpc) is 2.47. The largest absolute Gasteiger partial charge is 0.481 e. The minimum absolute atomic E-state index is 0.243. The Morgan fingerprint density at radius 1 is 1.50 bits per heavy atom. The minimum atomic E-state index is -0.696. The maximum atomic E-state index is 10.8. The number of carboxylic acids is 1. The lowest BCUT2D eigenvalue weighted by atomic mass is 10.1. The number of carbonyl (C=O) groups is 1. The predicted molar refractivity (Wildman–Crippen MR) is 52.2 cm³/mol. The Morgan fingerprint density at radius 3 is 2.86 bits per heavy atom. The van der Waals surface area contributed by atoms with E-state index in [2.05, 4.69) is 4.98 Å². The summed E-state index contributed by atoms with van der Waals surface area (Å²) in [5, 5.41) is 8.93. The topological polar surface area (TPSA) is 50.2 Å². The molecule has 1 N–H and O–H groups in total. The Kier molecular flexibility index (Phi) is 2.02. The van der Waals surface area contributed by atoms with Crippen LogP contribution in [0.15, 0.2) is 6.07 Å². The van der Waals surface area contributed by atoms with Crippen LogP contribution >= 0.6 is 0 Å². The Balaban J connectivity index is 2.39. The monoisotopic (exact) mass is 191 g/mol. The number of rotatable bonds is 1. The van der Waals surface area contributed by atoms with Crippen molar-refractivity contribution in [2.75, 3.05) is 0 Å². The third-order valence-corrected chi connectivity index (χ3v) is 2.82. The smallest absolute Gasteiger partial charge is 0.307 e. The van der Waals surface area contributed by atoms with E-state index < -0.39 is 5.97 Å². The van der Waals surface area contributed by atoms with E-state index in [1.165, 1.54) is 5.56 Å². The van der Waals surface area contributed by atoms with Gasteiger partial charge in [-0.05, 0) is 43.9 Å². The normalized spacial score (nSPS) is 19.4. The third-order valence-electron chi connectivity index (χ3n) is 2.82. The van der Waals surface area contributed by atoms with Gasteiger partial charge in [0.2, 0.25) is 0 Å². The standard InChI is InChI=1S/C11H13NO2/c1-6-3-8-4-9(11(13)14)5-10(8)7(2)12-6/h3,9H,4-5H2,1-2H3,(H,13,14). The van der Waals surface area contributed by atoms with Gasteiger partial charge in [-0.1, -0.05) is 0 Å². The number of hydrogen-bond donors (Lipinski definition) is 1. The summed E-state index contributed by atoms with van der Waals surface area (Å²) < 4.78 is 0. The van der Waals surface area contributed by atoms with Crippen LogP contribution in [-0.4, -0.2) is 16.1 Å². The van der Waals surface area contributed by atoms with Gasteiger partial charge in [0.25, 0.3) is 0 Å². The molecule has 0 saturated heterocycles. The third kappa shape index (κ3) is 1.39. The minimum Gasteiger partial charge on any atom is -0.481 e. The molecule has 0 fully saturated rings. The van der Waals surface area contributed by atoms with E-state index in [9.17, 15) is 4.79 Å². The van der Waals surface area contributed by atoms with Crippen molar-refractivity contribution in [3.05, 3.63) is 28.6 Å². The zero-order valence-corrected chi connectivity index (χ0v) is 8.37. The first-order chi connectivity index (χ1) is 6.58. The zero-order valence-electron chi connectivity index (χ0n) is 8.37. The average molecular weight is 191 g/mol. The molecule has 0 aromatic carbocycles. The van der Waals surface area contributed by atoms with Crippen LogP contribution in [0.1, 0.15) is 22.5 Å². The molecule has 0 aliphatic heterocycles. The lowest BCUT2D eigenvalue weighted by molar-refractivity contribution is -0.141. The number of nitrogens with zero attached hydrogens (tertiary/aromatic N) is 1. The van der Waals surface area contributed by atoms with Gasteiger partial charge in [0.15, 0.2) is 0 Å². The van der Waals surface area contributed by atoms with Crippen LogP contribution in [0.2, 0.25) is 0 Å². The molecule has 1 heterocycles. The van der Waals surface area contributed by atoms with E-state index in [4.69, 9.17) is 5.11 Å². The number of carboxylic acid groups (broad SMARTS) is 1. The molecule has 0 radical (unpaired) electrons. The quantitative estimate of drug-likeness (QED) is 0.731. The molecular weight excluding hydrogens is 178 g/mol. The fourth-order valence-electron chi connectivity index (χ4n) is 2.16. The number of aryl methyl sites for hydroxylation is 2. The van der Waals surface area contributed by atoms with E-state index >= 15 is 0 Å². The first-order valence-corrected chi connectivity index (χ1v) is 4.76. The lowest BCUT2D eigenvalue weighted by Gasteiger charge is -2.03. The van der Waals surface area contributed by atoms with Crippen LogP contribution in [0.3, 0.4) is 0 Å².